The molecule has 3 heteroatoms. The van der Waals surface area contributed by atoms with E-state index in [1.165, 1.54) is 0 Å². The number of halogens is 1. The highest BCUT2D eigenvalue weighted by molar-refractivity contribution is 6.16. The van der Waals surface area contributed by atoms with E-state index >= 15 is 0 Å². The first kappa shape index (κ1) is 11.9. The van der Waals surface area contributed by atoms with Crippen molar-refractivity contribution in [2.24, 2.45) is 0 Å². The molecule has 1 heterocycles. The molecule has 0 unspecified atom stereocenters. The quantitative estimate of drug-likeness (QED) is 0.769. The van der Waals surface area contributed by atoms with Crippen LogP contribution in [-0.2, 0) is 12.5 Å². The third-order valence-electron chi connectivity index (χ3n) is 2.37. The molecule has 0 bridgehead atoms. The summed E-state index contributed by atoms with van der Waals surface area (Å²) in [5.41, 5.74) is 3.08. The SMILES string of the molecule is Cc1cc(CCl)nc(OCc2ccccc2)c1. The van der Waals surface area contributed by atoms with E-state index in [0.29, 0.717) is 18.4 Å². The van der Waals surface area contributed by atoms with Gasteiger partial charge in [-0.15, -0.1) is 11.6 Å². The second-order valence-electron chi connectivity index (χ2n) is 3.88. The lowest BCUT2D eigenvalue weighted by Gasteiger charge is -2.07. The minimum atomic E-state index is 0.406. The Morgan fingerprint density at radius 2 is 1.94 bits per heavy atom. The van der Waals surface area contributed by atoms with E-state index in [2.05, 4.69) is 4.98 Å². The maximum Gasteiger partial charge on any atom is 0.214 e. The molecule has 17 heavy (non-hydrogen) atoms. The fraction of sp³-hybridized carbons (Fsp3) is 0.214. The topological polar surface area (TPSA) is 22.1 Å². The van der Waals surface area contributed by atoms with Gasteiger partial charge in [-0.05, 0) is 24.1 Å². The van der Waals surface area contributed by atoms with Crippen LogP contribution in [0.4, 0.5) is 0 Å². The number of hydrogen-bond acceptors (Lipinski definition) is 2. The van der Waals surface area contributed by atoms with Crippen molar-refractivity contribution < 1.29 is 4.74 Å². The summed E-state index contributed by atoms with van der Waals surface area (Å²) in [5.74, 6) is 1.04. The van der Waals surface area contributed by atoms with Gasteiger partial charge in [-0.25, -0.2) is 4.98 Å². The van der Waals surface area contributed by atoms with Crippen molar-refractivity contribution in [1.29, 1.82) is 0 Å². The Kier molecular flexibility index (Phi) is 3.99. The zero-order valence-corrected chi connectivity index (χ0v) is 10.4. The molecule has 2 aromatic rings. The van der Waals surface area contributed by atoms with Crippen molar-refractivity contribution in [3.8, 4) is 5.88 Å². The number of alkyl halides is 1. The average molecular weight is 248 g/mol. The molecule has 1 aromatic heterocycles. The second-order valence-corrected chi connectivity index (χ2v) is 4.15. The van der Waals surface area contributed by atoms with Crippen LogP contribution in [0.15, 0.2) is 42.5 Å². The van der Waals surface area contributed by atoms with Crippen LogP contribution >= 0.6 is 11.6 Å². The molecule has 0 aliphatic rings. The Morgan fingerprint density at radius 3 is 2.65 bits per heavy atom. The average Bonchev–Trinajstić information content (AvgIpc) is 2.37. The van der Waals surface area contributed by atoms with Crippen molar-refractivity contribution in [2.45, 2.75) is 19.4 Å². The van der Waals surface area contributed by atoms with Gasteiger partial charge in [0.25, 0.3) is 0 Å². The lowest BCUT2D eigenvalue weighted by molar-refractivity contribution is 0.293. The van der Waals surface area contributed by atoms with Gasteiger partial charge >= 0.3 is 0 Å². The van der Waals surface area contributed by atoms with E-state index < -0.39 is 0 Å². The van der Waals surface area contributed by atoms with Crippen molar-refractivity contribution in [2.75, 3.05) is 0 Å². The van der Waals surface area contributed by atoms with Crippen molar-refractivity contribution in [3.63, 3.8) is 0 Å². The molecule has 0 saturated heterocycles. The molecule has 1 aromatic carbocycles. The standard InChI is InChI=1S/C14H14ClNO/c1-11-7-13(9-15)16-14(8-11)17-10-12-5-3-2-4-6-12/h2-8H,9-10H2,1H3. The molecule has 0 saturated carbocycles. The molecule has 0 fully saturated rings. The number of aromatic nitrogens is 1. The van der Waals surface area contributed by atoms with Gasteiger partial charge in [-0.2, -0.15) is 0 Å². The van der Waals surface area contributed by atoms with Crippen LogP contribution in [0.1, 0.15) is 16.8 Å². The van der Waals surface area contributed by atoms with Crippen LogP contribution < -0.4 is 4.74 Å². The third kappa shape index (κ3) is 3.46. The van der Waals surface area contributed by atoms with Gasteiger partial charge in [0.15, 0.2) is 0 Å². The van der Waals surface area contributed by atoms with E-state index in [-0.39, 0.29) is 0 Å². The molecule has 2 nitrogen and oxygen atoms in total. The smallest absolute Gasteiger partial charge is 0.214 e. The summed E-state index contributed by atoms with van der Waals surface area (Å²) in [6.07, 6.45) is 0. The van der Waals surface area contributed by atoms with E-state index in [0.717, 1.165) is 16.8 Å². The summed E-state index contributed by atoms with van der Waals surface area (Å²) in [7, 11) is 0. The summed E-state index contributed by atoms with van der Waals surface area (Å²) in [6.45, 7) is 2.53. The van der Waals surface area contributed by atoms with Crippen LogP contribution in [-0.4, -0.2) is 4.98 Å². The Morgan fingerprint density at radius 1 is 1.18 bits per heavy atom. The first-order valence-electron chi connectivity index (χ1n) is 5.48. The molecular formula is C14H14ClNO. The first-order valence-corrected chi connectivity index (χ1v) is 6.01. The number of benzene rings is 1. The summed E-state index contributed by atoms with van der Waals surface area (Å²) >= 11 is 5.77. The zero-order chi connectivity index (χ0) is 12.1. The van der Waals surface area contributed by atoms with Gasteiger partial charge in [-0.3, -0.25) is 0 Å². The number of hydrogen-bond donors (Lipinski definition) is 0. The van der Waals surface area contributed by atoms with E-state index in [1.54, 1.807) is 0 Å². The molecule has 0 aliphatic heterocycles. The molecule has 2 rings (SSSR count). The van der Waals surface area contributed by atoms with Crippen molar-refractivity contribution in [1.82, 2.24) is 4.98 Å². The number of pyridine rings is 1. The zero-order valence-electron chi connectivity index (χ0n) is 9.69. The molecule has 0 amide bonds. The Bertz CT molecular complexity index is 485. The predicted octanol–water partition coefficient (Wildman–Crippen LogP) is 3.71. The van der Waals surface area contributed by atoms with Crippen LogP contribution in [0, 0.1) is 6.92 Å². The van der Waals surface area contributed by atoms with Crippen LogP contribution in [0.2, 0.25) is 0 Å². The van der Waals surface area contributed by atoms with Gasteiger partial charge in [-0.1, -0.05) is 30.3 Å². The normalized spacial score (nSPS) is 10.2. The van der Waals surface area contributed by atoms with Gasteiger partial charge in [0.2, 0.25) is 5.88 Å². The summed E-state index contributed by atoms with van der Waals surface area (Å²) < 4.78 is 5.65. The minimum absolute atomic E-state index is 0.406. The molecule has 0 N–H and O–H groups in total. The fourth-order valence-electron chi connectivity index (χ4n) is 1.58. The highest BCUT2D eigenvalue weighted by atomic mass is 35.5. The number of ether oxygens (including phenoxy) is 1. The minimum Gasteiger partial charge on any atom is -0.473 e. The highest BCUT2D eigenvalue weighted by Gasteiger charge is 2.01. The molecular weight excluding hydrogens is 234 g/mol. The molecule has 88 valence electrons. The maximum absolute atomic E-state index is 5.77. The lowest BCUT2D eigenvalue weighted by atomic mass is 10.2. The van der Waals surface area contributed by atoms with E-state index in [1.807, 2.05) is 49.4 Å². The fourth-order valence-corrected chi connectivity index (χ4v) is 1.72. The largest absolute Gasteiger partial charge is 0.473 e. The predicted molar refractivity (Wildman–Crippen MR) is 69.3 cm³/mol. The second kappa shape index (κ2) is 5.69. The highest BCUT2D eigenvalue weighted by Crippen LogP contribution is 2.15. The van der Waals surface area contributed by atoms with Crippen LogP contribution in [0.25, 0.3) is 0 Å². The first-order chi connectivity index (χ1) is 8.28. The Balaban J connectivity index is 2.06. The van der Waals surface area contributed by atoms with Gasteiger partial charge in [0.05, 0.1) is 11.6 Å². The van der Waals surface area contributed by atoms with Crippen molar-refractivity contribution in [3.05, 3.63) is 59.3 Å². The van der Waals surface area contributed by atoms with Gasteiger partial charge in [0.1, 0.15) is 6.61 Å². The Hall–Kier alpha value is -1.54. The maximum atomic E-state index is 5.77. The molecule has 0 spiro atoms. The number of rotatable bonds is 4. The molecule has 0 radical (unpaired) electrons. The number of nitrogens with zero attached hydrogens (tertiary/aromatic N) is 1. The van der Waals surface area contributed by atoms with Crippen LogP contribution in [0.3, 0.4) is 0 Å². The van der Waals surface area contributed by atoms with Gasteiger partial charge < -0.3 is 4.74 Å². The van der Waals surface area contributed by atoms with E-state index in [9.17, 15) is 0 Å². The Labute approximate surface area is 106 Å². The number of aryl methyl sites for hydroxylation is 1. The van der Waals surface area contributed by atoms with Crippen LogP contribution in [0.5, 0.6) is 5.88 Å². The monoisotopic (exact) mass is 247 g/mol. The lowest BCUT2D eigenvalue weighted by Crippen LogP contribution is -1.99. The van der Waals surface area contributed by atoms with Gasteiger partial charge in [0, 0.05) is 6.07 Å². The molecule has 0 aliphatic carbocycles. The van der Waals surface area contributed by atoms with Crippen molar-refractivity contribution >= 4 is 11.6 Å². The molecule has 0 atom stereocenters. The summed E-state index contributed by atoms with van der Waals surface area (Å²) in [4.78, 5) is 4.31. The summed E-state index contributed by atoms with van der Waals surface area (Å²) in [5, 5.41) is 0. The summed E-state index contributed by atoms with van der Waals surface area (Å²) in [6, 6.07) is 13.9. The van der Waals surface area contributed by atoms with E-state index in [4.69, 9.17) is 16.3 Å². The third-order valence-corrected chi connectivity index (χ3v) is 2.64.